The Balaban J connectivity index is 1.72. The van der Waals surface area contributed by atoms with Crippen molar-refractivity contribution in [2.75, 3.05) is 0 Å². The van der Waals surface area contributed by atoms with Crippen LogP contribution in [0.4, 0.5) is 0 Å². The van der Waals surface area contributed by atoms with Crippen LogP contribution < -0.4 is 5.32 Å². The molecular weight excluding hydrogens is 274 g/mol. The molecule has 1 unspecified atom stereocenters. The zero-order valence-corrected chi connectivity index (χ0v) is 13.6. The van der Waals surface area contributed by atoms with Crippen molar-refractivity contribution < 1.29 is 9.90 Å². The summed E-state index contributed by atoms with van der Waals surface area (Å²) in [4.78, 5) is 11.1. The lowest BCUT2D eigenvalue weighted by atomic mass is 9.69. The van der Waals surface area contributed by atoms with E-state index in [4.69, 9.17) is 5.11 Å². The maximum absolute atomic E-state index is 11.1. The summed E-state index contributed by atoms with van der Waals surface area (Å²) in [7, 11) is 0. The Bertz CT molecular complexity index is 544. The zero-order chi connectivity index (χ0) is 15.7. The number of carboxylic acid groups (broad SMARTS) is 1. The average molecular weight is 301 g/mol. The monoisotopic (exact) mass is 301 g/mol. The molecule has 120 valence electrons. The third-order valence-electron chi connectivity index (χ3n) is 5.67. The highest BCUT2D eigenvalue weighted by Crippen LogP contribution is 2.44. The van der Waals surface area contributed by atoms with Crippen LogP contribution in [-0.4, -0.2) is 17.1 Å². The van der Waals surface area contributed by atoms with Gasteiger partial charge in [-0.25, -0.2) is 0 Å². The molecule has 3 heteroatoms. The molecule has 1 atom stereocenters. The van der Waals surface area contributed by atoms with Crippen LogP contribution in [0.5, 0.6) is 0 Å². The first kappa shape index (κ1) is 15.5. The number of aliphatic carboxylic acids is 1. The van der Waals surface area contributed by atoms with Crippen molar-refractivity contribution >= 4 is 5.97 Å². The number of carboxylic acids is 1. The van der Waals surface area contributed by atoms with Gasteiger partial charge in [-0.15, -0.1) is 0 Å². The van der Waals surface area contributed by atoms with Crippen LogP contribution in [0.1, 0.15) is 63.1 Å². The largest absolute Gasteiger partial charge is 0.481 e. The standard InChI is InChI=1S/C19H27NO2/c1-19(2)12-11-13-5-3-4-6-16(13)17(19)20-15-9-7-14(8-10-15)18(21)22/h3-6,14-15,17,20H,7-12H2,1-2H3,(H,21,22). The van der Waals surface area contributed by atoms with Crippen LogP contribution in [0, 0.1) is 11.3 Å². The van der Waals surface area contributed by atoms with Gasteiger partial charge < -0.3 is 10.4 Å². The van der Waals surface area contributed by atoms with Crippen molar-refractivity contribution in [3.8, 4) is 0 Å². The molecule has 1 saturated carbocycles. The van der Waals surface area contributed by atoms with E-state index in [-0.39, 0.29) is 11.3 Å². The molecule has 1 aromatic rings. The summed E-state index contributed by atoms with van der Waals surface area (Å²) in [6.07, 6.45) is 5.93. The molecule has 2 N–H and O–H groups in total. The molecule has 1 aromatic carbocycles. The predicted molar refractivity (Wildman–Crippen MR) is 87.8 cm³/mol. The Morgan fingerprint density at radius 3 is 2.55 bits per heavy atom. The lowest BCUT2D eigenvalue weighted by molar-refractivity contribution is -0.142. The highest BCUT2D eigenvalue weighted by atomic mass is 16.4. The fourth-order valence-electron chi connectivity index (χ4n) is 4.12. The van der Waals surface area contributed by atoms with Crippen molar-refractivity contribution in [2.24, 2.45) is 11.3 Å². The van der Waals surface area contributed by atoms with Gasteiger partial charge >= 0.3 is 5.97 Å². The average Bonchev–Trinajstić information content (AvgIpc) is 2.51. The fourth-order valence-corrected chi connectivity index (χ4v) is 4.12. The number of hydrogen-bond acceptors (Lipinski definition) is 2. The van der Waals surface area contributed by atoms with Gasteiger partial charge in [0.1, 0.15) is 0 Å². The Hall–Kier alpha value is -1.35. The van der Waals surface area contributed by atoms with Crippen molar-refractivity contribution in [1.82, 2.24) is 5.32 Å². The van der Waals surface area contributed by atoms with Crippen LogP contribution in [0.3, 0.4) is 0 Å². The van der Waals surface area contributed by atoms with E-state index in [1.165, 1.54) is 17.5 Å². The summed E-state index contributed by atoms with van der Waals surface area (Å²) in [5.74, 6) is -0.758. The van der Waals surface area contributed by atoms with Crippen molar-refractivity contribution in [3.63, 3.8) is 0 Å². The summed E-state index contributed by atoms with van der Waals surface area (Å²) in [6, 6.07) is 9.61. The van der Waals surface area contributed by atoms with E-state index in [0.29, 0.717) is 12.1 Å². The number of aryl methyl sites for hydroxylation is 1. The van der Waals surface area contributed by atoms with E-state index >= 15 is 0 Å². The first-order chi connectivity index (χ1) is 10.5. The second kappa shape index (κ2) is 6.04. The molecule has 3 rings (SSSR count). The van der Waals surface area contributed by atoms with Gasteiger partial charge in [-0.3, -0.25) is 4.79 Å². The fraction of sp³-hybridized carbons (Fsp3) is 0.632. The summed E-state index contributed by atoms with van der Waals surface area (Å²) < 4.78 is 0. The number of hydrogen-bond donors (Lipinski definition) is 2. The minimum Gasteiger partial charge on any atom is -0.481 e. The molecule has 2 aliphatic rings. The minimum absolute atomic E-state index is 0.135. The highest BCUT2D eigenvalue weighted by Gasteiger charge is 2.37. The second-order valence-corrected chi connectivity index (χ2v) is 7.67. The second-order valence-electron chi connectivity index (χ2n) is 7.67. The highest BCUT2D eigenvalue weighted by molar-refractivity contribution is 5.70. The van der Waals surface area contributed by atoms with Gasteiger partial charge in [-0.2, -0.15) is 0 Å². The van der Waals surface area contributed by atoms with Crippen molar-refractivity contribution in [3.05, 3.63) is 35.4 Å². The number of carbonyl (C=O) groups is 1. The molecule has 0 aliphatic heterocycles. The predicted octanol–water partition coefficient (Wildman–Crippen LogP) is 3.93. The van der Waals surface area contributed by atoms with E-state index in [2.05, 4.69) is 43.4 Å². The number of nitrogens with one attached hydrogen (secondary N) is 1. The molecule has 22 heavy (non-hydrogen) atoms. The van der Waals surface area contributed by atoms with Crippen LogP contribution >= 0.6 is 0 Å². The van der Waals surface area contributed by atoms with E-state index in [1.54, 1.807) is 0 Å². The number of fused-ring (bicyclic) bond motifs is 1. The third-order valence-corrected chi connectivity index (χ3v) is 5.67. The maximum Gasteiger partial charge on any atom is 0.306 e. The zero-order valence-electron chi connectivity index (χ0n) is 13.6. The Kier molecular flexibility index (Phi) is 4.26. The Morgan fingerprint density at radius 1 is 1.18 bits per heavy atom. The van der Waals surface area contributed by atoms with Crippen molar-refractivity contribution in [2.45, 2.75) is 64.5 Å². The molecule has 0 saturated heterocycles. The summed E-state index contributed by atoms with van der Waals surface area (Å²) >= 11 is 0. The first-order valence-corrected chi connectivity index (χ1v) is 8.54. The smallest absolute Gasteiger partial charge is 0.306 e. The van der Waals surface area contributed by atoms with Gasteiger partial charge in [0.15, 0.2) is 0 Å². The molecule has 2 aliphatic carbocycles. The Morgan fingerprint density at radius 2 is 1.86 bits per heavy atom. The summed E-state index contributed by atoms with van der Waals surface area (Å²) in [5.41, 5.74) is 3.16. The number of benzene rings is 1. The summed E-state index contributed by atoms with van der Waals surface area (Å²) in [6.45, 7) is 4.70. The quantitative estimate of drug-likeness (QED) is 0.889. The summed E-state index contributed by atoms with van der Waals surface area (Å²) in [5, 5.41) is 13.0. The number of rotatable bonds is 3. The van der Waals surface area contributed by atoms with E-state index < -0.39 is 5.97 Å². The molecule has 0 heterocycles. The van der Waals surface area contributed by atoms with Crippen LogP contribution in [0.15, 0.2) is 24.3 Å². The molecule has 0 aromatic heterocycles. The first-order valence-electron chi connectivity index (χ1n) is 8.54. The molecule has 0 radical (unpaired) electrons. The van der Waals surface area contributed by atoms with Gasteiger partial charge in [-0.1, -0.05) is 38.1 Å². The Labute approximate surface area is 133 Å². The molecule has 0 bridgehead atoms. The van der Waals surface area contributed by atoms with Crippen molar-refractivity contribution in [1.29, 1.82) is 0 Å². The van der Waals surface area contributed by atoms with Gasteiger partial charge in [0.25, 0.3) is 0 Å². The molecule has 3 nitrogen and oxygen atoms in total. The van der Waals surface area contributed by atoms with E-state index in [9.17, 15) is 4.79 Å². The van der Waals surface area contributed by atoms with Gasteiger partial charge in [0, 0.05) is 12.1 Å². The molecular formula is C19H27NO2. The van der Waals surface area contributed by atoms with E-state index in [1.807, 2.05) is 0 Å². The van der Waals surface area contributed by atoms with Gasteiger partial charge in [0.2, 0.25) is 0 Å². The minimum atomic E-state index is -0.623. The normalized spacial score (nSPS) is 30.5. The molecule has 1 fully saturated rings. The van der Waals surface area contributed by atoms with Gasteiger partial charge in [-0.05, 0) is 55.1 Å². The van der Waals surface area contributed by atoms with E-state index in [0.717, 1.165) is 32.1 Å². The van der Waals surface area contributed by atoms with Crippen LogP contribution in [-0.2, 0) is 11.2 Å². The van der Waals surface area contributed by atoms with Crippen LogP contribution in [0.2, 0.25) is 0 Å². The topological polar surface area (TPSA) is 49.3 Å². The SMILES string of the molecule is CC1(C)CCc2ccccc2C1NC1CCC(C(=O)O)CC1. The van der Waals surface area contributed by atoms with Crippen LogP contribution in [0.25, 0.3) is 0 Å². The lowest BCUT2D eigenvalue weighted by Crippen LogP contribution is -2.44. The maximum atomic E-state index is 11.1. The molecule has 0 amide bonds. The molecule has 0 spiro atoms. The van der Waals surface area contributed by atoms with Gasteiger partial charge in [0.05, 0.1) is 5.92 Å². The lowest BCUT2D eigenvalue weighted by Gasteiger charge is -2.43. The third kappa shape index (κ3) is 3.05.